The number of anilines is 1. The van der Waals surface area contributed by atoms with Crippen LogP contribution in [0.15, 0.2) is 36.4 Å². The van der Waals surface area contributed by atoms with Crippen LogP contribution in [0.5, 0.6) is 5.75 Å². The van der Waals surface area contributed by atoms with Crippen LogP contribution >= 0.6 is 0 Å². The van der Waals surface area contributed by atoms with Crippen LogP contribution in [0.2, 0.25) is 0 Å². The van der Waals surface area contributed by atoms with Gasteiger partial charge in [0.25, 0.3) is 5.91 Å². The summed E-state index contributed by atoms with van der Waals surface area (Å²) in [6.07, 6.45) is -4.83. The third-order valence-electron chi connectivity index (χ3n) is 3.19. The summed E-state index contributed by atoms with van der Waals surface area (Å²) in [5, 5.41) is 2.32. The number of rotatable bonds is 3. The van der Waals surface area contributed by atoms with E-state index in [1.54, 1.807) is 19.1 Å². The van der Waals surface area contributed by atoms with E-state index in [4.69, 9.17) is 4.74 Å². The first-order valence-corrected chi connectivity index (χ1v) is 6.55. The van der Waals surface area contributed by atoms with Crippen molar-refractivity contribution in [3.8, 4) is 5.75 Å². The Kier molecular flexibility index (Phi) is 4.58. The standard InChI is InChI=1S/C16H13F4NO2/c1-9-7-10(3-6-14(9)23-2)15(22)21-11-4-5-13(17)12(8-11)16(18,19)20/h3-8H,1-2H3,(H,21,22). The Labute approximate surface area is 129 Å². The quantitative estimate of drug-likeness (QED) is 0.848. The Hall–Kier alpha value is -2.57. The number of nitrogens with one attached hydrogen (secondary N) is 1. The number of alkyl halides is 3. The van der Waals surface area contributed by atoms with E-state index in [0.717, 1.165) is 6.07 Å². The van der Waals surface area contributed by atoms with Gasteiger partial charge < -0.3 is 10.1 Å². The van der Waals surface area contributed by atoms with Gasteiger partial charge in [-0.15, -0.1) is 0 Å². The minimum Gasteiger partial charge on any atom is -0.496 e. The van der Waals surface area contributed by atoms with Crippen LogP contribution < -0.4 is 10.1 Å². The molecule has 0 aliphatic carbocycles. The highest BCUT2D eigenvalue weighted by Crippen LogP contribution is 2.33. The summed E-state index contributed by atoms with van der Waals surface area (Å²) in [7, 11) is 1.49. The Bertz CT molecular complexity index is 741. The van der Waals surface area contributed by atoms with Crippen LogP contribution in [0.4, 0.5) is 23.2 Å². The zero-order valence-electron chi connectivity index (χ0n) is 12.3. The molecule has 2 rings (SSSR count). The van der Waals surface area contributed by atoms with Crippen LogP contribution in [-0.2, 0) is 6.18 Å². The van der Waals surface area contributed by atoms with Gasteiger partial charge in [-0.1, -0.05) is 0 Å². The summed E-state index contributed by atoms with van der Waals surface area (Å²) in [5.74, 6) is -1.41. The lowest BCUT2D eigenvalue weighted by molar-refractivity contribution is -0.139. The summed E-state index contributed by atoms with van der Waals surface area (Å²) < 4.78 is 56.3. The fourth-order valence-corrected chi connectivity index (χ4v) is 2.04. The van der Waals surface area contributed by atoms with Crippen molar-refractivity contribution in [1.82, 2.24) is 0 Å². The monoisotopic (exact) mass is 327 g/mol. The van der Waals surface area contributed by atoms with Crippen molar-refractivity contribution < 1.29 is 27.1 Å². The van der Waals surface area contributed by atoms with Crippen LogP contribution in [-0.4, -0.2) is 13.0 Å². The molecule has 0 heterocycles. The summed E-state index contributed by atoms with van der Waals surface area (Å²) in [6.45, 7) is 1.73. The lowest BCUT2D eigenvalue weighted by atomic mass is 10.1. The first-order valence-electron chi connectivity index (χ1n) is 6.55. The summed E-state index contributed by atoms with van der Waals surface area (Å²) in [4.78, 5) is 12.1. The van der Waals surface area contributed by atoms with E-state index in [1.165, 1.54) is 13.2 Å². The van der Waals surface area contributed by atoms with Gasteiger partial charge in [0.15, 0.2) is 0 Å². The van der Waals surface area contributed by atoms with Crippen LogP contribution in [0.1, 0.15) is 21.5 Å². The molecule has 0 aliphatic heterocycles. The van der Waals surface area contributed by atoms with E-state index in [2.05, 4.69) is 5.32 Å². The molecule has 2 aromatic carbocycles. The third kappa shape index (κ3) is 3.80. The maximum absolute atomic E-state index is 13.2. The van der Waals surface area contributed by atoms with Gasteiger partial charge in [-0.25, -0.2) is 4.39 Å². The first-order chi connectivity index (χ1) is 10.7. The Morgan fingerprint density at radius 3 is 2.39 bits per heavy atom. The van der Waals surface area contributed by atoms with E-state index in [9.17, 15) is 22.4 Å². The largest absolute Gasteiger partial charge is 0.496 e. The third-order valence-corrected chi connectivity index (χ3v) is 3.19. The highest BCUT2D eigenvalue weighted by Gasteiger charge is 2.34. The number of carbonyl (C=O) groups is 1. The maximum atomic E-state index is 13.2. The van der Waals surface area contributed by atoms with Gasteiger partial charge in [0, 0.05) is 11.3 Å². The van der Waals surface area contributed by atoms with E-state index in [0.29, 0.717) is 23.4 Å². The summed E-state index contributed by atoms with van der Waals surface area (Å²) in [5.41, 5.74) is -0.616. The molecule has 122 valence electrons. The molecule has 0 radical (unpaired) electrons. The average Bonchev–Trinajstić information content (AvgIpc) is 2.48. The predicted octanol–water partition coefficient (Wildman–Crippen LogP) is 4.41. The zero-order valence-corrected chi connectivity index (χ0v) is 12.3. The first kappa shape index (κ1) is 16.8. The second-order valence-electron chi connectivity index (χ2n) is 4.83. The van der Waals surface area contributed by atoms with Gasteiger partial charge in [-0.3, -0.25) is 4.79 Å². The molecule has 2 aromatic rings. The molecule has 1 amide bonds. The molecule has 0 saturated heterocycles. The molecule has 0 aliphatic rings. The van der Waals surface area contributed by atoms with Crippen molar-refractivity contribution >= 4 is 11.6 Å². The second kappa shape index (κ2) is 6.28. The minimum atomic E-state index is -4.83. The molecular formula is C16H13F4NO2. The van der Waals surface area contributed by atoms with Crippen molar-refractivity contribution in [2.24, 2.45) is 0 Å². The molecule has 7 heteroatoms. The highest BCUT2D eigenvalue weighted by molar-refractivity contribution is 6.04. The SMILES string of the molecule is COc1ccc(C(=O)Nc2ccc(F)c(C(F)(F)F)c2)cc1C. The molecule has 0 bridgehead atoms. The molecular weight excluding hydrogens is 314 g/mol. The van der Waals surface area contributed by atoms with Crippen LogP contribution in [0.25, 0.3) is 0 Å². The maximum Gasteiger partial charge on any atom is 0.419 e. The van der Waals surface area contributed by atoms with Crippen LogP contribution in [0, 0.1) is 12.7 Å². The number of halogens is 4. The normalized spacial score (nSPS) is 11.2. The van der Waals surface area contributed by atoms with Gasteiger partial charge in [0.1, 0.15) is 11.6 Å². The van der Waals surface area contributed by atoms with Crippen molar-refractivity contribution in [1.29, 1.82) is 0 Å². The molecule has 3 nitrogen and oxygen atoms in total. The smallest absolute Gasteiger partial charge is 0.419 e. The van der Waals surface area contributed by atoms with Gasteiger partial charge in [-0.05, 0) is 48.9 Å². The zero-order chi connectivity index (χ0) is 17.2. The number of benzene rings is 2. The Morgan fingerprint density at radius 1 is 1.13 bits per heavy atom. The van der Waals surface area contributed by atoms with Crippen molar-refractivity contribution in [2.75, 3.05) is 12.4 Å². The highest BCUT2D eigenvalue weighted by atomic mass is 19.4. The number of amides is 1. The lowest BCUT2D eigenvalue weighted by Crippen LogP contribution is -2.14. The average molecular weight is 327 g/mol. The number of ether oxygens (including phenoxy) is 1. The van der Waals surface area contributed by atoms with Gasteiger partial charge in [-0.2, -0.15) is 13.2 Å². The number of carbonyl (C=O) groups excluding carboxylic acids is 1. The lowest BCUT2D eigenvalue weighted by Gasteiger charge is -2.12. The predicted molar refractivity (Wildman–Crippen MR) is 77.1 cm³/mol. The summed E-state index contributed by atoms with van der Waals surface area (Å²) >= 11 is 0. The second-order valence-corrected chi connectivity index (χ2v) is 4.83. The minimum absolute atomic E-state index is 0.141. The fraction of sp³-hybridized carbons (Fsp3) is 0.188. The molecule has 0 fully saturated rings. The Morgan fingerprint density at radius 2 is 1.83 bits per heavy atom. The molecule has 0 aromatic heterocycles. The number of aryl methyl sites for hydroxylation is 1. The molecule has 0 atom stereocenters. The van der Waals surface area contributed by atoms with Crippen LogP contribution in [0.3, 0.4) is 0 Å². The van der Waals surface area contributed by atoms with Gasteiger partial charge >= 0.3 is 6.18 Å². The Balaban J connectivity index is 2.25. The molecule has 1 N–H and O–H groups in total. The fourth-order valence-electron chi connectivity index (χ4n) is 2.04. The van der Waals surface area contributed by atoms with E-state index in [-0.39, 0.29) is 11.3 Å². The number of methoxy groups -OCH3 is 1. The summed E-state index contributed by atoms with van der Waals surface area (Å²) in [6, 6.07) is 6.90. The van der Waals surface area contributed by atoms with E-state index in [1.807, 2.05) is 0 Å². The molecule has 0 unspecified atom stereocenters. The van der Waals surface area contributed by atoms with E-state index < -0.39 is 23.5 Å². The van der Waals surface area contributed by atoms with Crippen molar-refractivity contribution in [3.05, 3.63) is 58.9 Å². The van der Waals surface area contributed by atoms with Gasteiger partial charge in [0.2, 0.25) is 0 Å². The van der Waals surface area contributed by atoms with E-state index >= 15 is 0 Å². The topological polar surface area (TPSA) is 38.3 Å². The van der Waals surface area contributed by atoms with Crippen molar-refractivity contribution in [3.63, 3.8) is 0 Å². The molecule has 0 saturated carbocycles. The number of hydrogen-bond acceptors (Lipinski definition) is 2. The molecule has 0 spiro atoms. The molecule has 23 heavy (non-hydrogen) atoms. The van der Waals surface area contributed by atoms with Crippen molar-refractivity contribution in [2.45, 2.75) is 13.1 Å². The number of hydrogen-bond donors (Lipinski definition) is 1. The van der Waals surface area contributed by atoms with Gasteiger partial charge in [0.05, 0.1) is 12.7 Å².